The summed E-state index contributed by atoms with van der Waals surface area (Å²) in [6.07, 6.45) is 7.57. The first-order valence-corrected chi connectivity index (χ1v) is 13.1. The molecule has 9 heteroatoms. The summed E-state index contributed by atoms with van der Waals surface area (Å²) in [5.41, 5.74) is 3.34. The number of rotatable bonds is 5. The third-order valence-corrected chi connectivity index (χ3v) is 8.35. The Balaban J connectivity index is 1.42. The van der Waals surface area contributed by atoms with Crippen LogP contribution in [0.25, 0.3) is 15.9 Å². The molecule has 5 heterocycles. The molecule has 5 aromatic heterocycles. The van der Waals surface area contributed by atoms with Crippen molar-refractivity contribution in [1.29, 1.82) is 0 Å². The Hall–Kier alpha value is -3.17. The Morgan fingerprint density at radius 1 is 1.15 bits per heavy atom. The summed E-state index contributed by atoms with van der Waals surface area (Å²) < 4.78 is 8.78. The Morgan fingerprint density at radius 3 is 2.88 bits per heavy atom. The van der Waals surface area contributed by atoms with Crippen molar-refractivity contribution in [3.63, 3.8) is 0 Å². The lowest BCUT2D eigenvalue weighted by Gasteiger charge is -2.13. The molecule has 1 aliphatic rings. The van der Waals surface area contributed by atoms with E-state index in [4.69, 9.17) is 9.40 Å². The maximum absolute atomic E-state index is 13.7. The summed E-state index contributed by atoms with van der Waals surface area (Å²) in [5.74, 6) is 1.13. The monoisotopic (exact) mass is 490 g/mol. The zero-order valence-corrected chi connectivity index (χ0v) is 20.2. The van der Waals surface area contributed by atoms with Crippen LogP contribution in [0.3, 0.4) is 0 Å². The normalized spacial score (nSPS) is 13.6. The van der Waals surface area contributed by atoms with E-state index in [9.17, 15) is 9.59 Å². The molecule has 0 saturated carbocycles. The fraction of sp³-hybridized carbons (Fsp3) is 0.280. The SMILES string of the molecule is Cc1ccn2c(=O)cc(CSc3nc4sc5c(c4c(=O)n3Cc3ccco3)CCCC5)nc2c1. The number of hydrogen-bond acceptors (Lipinski definition) is 7. The summed E-state index contributed by atoms with van der Waals surface area (Å²) in [6.45, 7) is 2.29. The van der Waals surface area contributed by atoms with E-state index in [2.05, 4.69) is 4.98 Å². The minimum atomic E-state index is -0.122. The van der Waals surface area contributed by atoms with Crippen LogP contribution in [0, 0.1) is 6.92 Å². The van der Waals surface area contributed by atoms with Gasteiger partial charge in [0.15, 0.2) is 5.16 Å². The highest BCUT2D eigenvalue weighted by molar-refractivity contribution is 7.98. The first-order valence-electron chi connectivity index (χ1n) is 11.3. The second-order valence-corrected chi connectivity index (χ2v) is 10.6. The fourth-order valence-corrected chi connectivity index (χ4v) is 6.69. The largest absolute Gasteiger partial charge is 0.467 e. The van der Waals surface area contributed by atoms with Crippen molar-refractivity contribution >= 4 is 39.0 Å². The van der Waals surface area contributed by atoms with E-state index in [1.807, 2.05) is 31.2 Å². The van der Waals surface area contributed by atoms with E-state index in [0.717, 1.165) is 41.5 Å². The molecule has 0 radical (unpaired) electrons. The number of hydrogen-bond donors (Lipinski definition) is 0. The number of pyridine rings is 1. The van der Waals surface area contributed by atoms with Crippen LogP contribution in [0.1, 0.15) is 40.3 Å². The molecule has 0 N–H and O–H groups in total. The molecule has 6 rings (SSSR count). The lowest BCUT2D eigenvalue weighted by Crippen LogP contribution is -2.24. The Bertz CT molecular complexity index is 1650. The minimum absolute atomic E-state index is 0.0227. The highest BCUT2D eigenvalue weighted by atomic mass is 32.2. The van der Waals surface area contributed by atoms with Gasteiger partial charge >= 0.3 is 0 Å². The molecular formula is C25H22N4O3S2. The smallest absolute Gasteiger partial charge is 0.263 e. The maximum Gasteiger partial charge on any atom is 0.263 e. The number of aryl methyl sites for hydroxylation is 3. The highest BCUT2D eigenvalue weighted by Gasteiger charge is 2.23. The van der Waals surface area contributed by atoms with E-state index >= 15 is 0 Å². The molecule has 5 aromatic rings. The van der Waals surface area contributed by atoms with Crippen molar-refractivity contribution < 1.29 is 4.42 Å². The van der Waals surface area contributed by atoms with Crippen molar-refractivity contribution in [2.24, 2.45) is 0 Å². The molecule has 0 aliphatic heterocycles. The molecule has 7 nitrogen and oxygen atoms in total. The maximum atomic E-state index is 13.7. The minimum Gasteiger partial charge on any atom is -0.467 e. The van der Waals surface area contributed by atoms with E-state index < -0.39 is 0 Å². The number of furan rings is 1. The van der Waals surface area contributed by atoms with E-state index in [-0.39, 0.29) is 11.1 Å². The average molecular weight is 491 g/mol. The van der Waals surface area contributed by atoms with Crippen molar-refractivity contribution in [2.75, 3.05) is 0 Å². The summed E-state index contributed by atoms with van der Waals surface area (Å²) in [7, 11) is 0. The standard InChI is InChI=1S/C25H22N4O3S2/c1-15-8-9-28-20(11-15)26-16(12-21(28)30)14-33-25-27-23-22(18-6-2-3-7-19(18)34-23)24(31)29(25)13-17-5-4-10-32-17/h4-5,8-12H,2-3,6-7,13-14H2,1H3. The van der Waals surface area contributed by atoms with Crippen LogP contribution in [0.4, 0.5) is 0 Å². The Labute approximate surface area is 203 Å². The van der Waals surface area contributed by atoms with Gasteiger partial charge in [-0.25, -0.2) is 9.97 Å². The molecule has 0 saturated heterocycles. The molecule has 0 atom stereocenters. The first-order chi connectivity index (χ1) is 16.6. The summed E-state index contributed by atoms with van der Waals surface area (Å²) in [4.78, 5) is 38.0. The zero-order valence-electron chi connectivity index (χ0n) is 18.6. The lowest BCUT2D eigenvalue weighted by atomic mass is 9.97. The Kier molecular flexibility index (Phi) is 5.38. The van der Waals surface area contributed by atoms with Gasteiger partial charge in [0.25, 0.3) is 11.1 Å². The van der Waals surface area contributed by atoms with Crippen LogP contribution in [0.2, 0.25) is 0 Å². The van der Waals surface area contributed by atoms with Crippen LogP contribution in [-0.2, 0) is 25.1 Å². The topological polar surface area (TPSA) is 82.4 Å². The van der Waals surface area contributed by atoms with Crippen molar-refractivity contribution in [3.05, 3.63) is 91.0 Å². The van der Waals surface area contributed by atoms with Gasteiger partial charge in [-0.1, -0.05) is 11.8 Å². The quantitative estimate of drug-likeness (QED) is 0.265. The van der Waals surface area contributed by atoms with Crippen LogP contribution >= 0.6 is 23.1 Å². The second kappa shape index (κ2) is 8.56. The first kappa shape index (κ1) is 21.4. The van der Waals surface area contributed by atoms with Gasteiger partial charge in [-0.3, -0.25) is 18.6 Å². The summed E-state index contributed by atoms with van der Waals surface area (Å²) >= 11 is 3.07. The number of nitrogens with zero attached hydrogens (tertiary/aromatic N) is 4. The predicted molar refractivity (Wildman–Crippen MR) is 134 cm³/mol. The number of aromatic nitrogens is 4. The van der Waals surface area contributed by atoms with Gasteiger partial charge in [-0.05, 0) is 68.0 Å². The number of fused-ring (bicyclic) bond motifs is 4. The second-order valence-electron chi connectivity index (χ2n) is 8.56. The molecule has 0 fully saturated rings. The highest BCUT2D eigenvalue weighted by Crippen LogP contribution is 2.35. The average Bonchev–Trinajstić information content (AvgIpc) is 3.47. The molecular weight excluding hydrogens is 468 g/mol. The summed E-state index contributed by atoms with van der Waals surface area (Å²) in [6, 6.07) is 9.01. The van der Waals surface area contributed by atoms with Gasteiger partial charge in [-0.2, -0.15) is 0 Å². The van der Waals surface area contributed by atoms with E-state index in [1.54, 1.807) is 34.4 Å². The van der Waals surface area contributed by atoms with Gasteiger partial charge in [-0.15, -0.1) is 11.3 Å². The van der Waals surface area contributed by atoms with Crippen LogP contribution in [0.15, 0.2) is 62.0 Å². The van der Waals surface area contributed by atoms with E-state index in [1.165, 1.54) is 26.6 Å². The molecule has 34 heavy (non-hydrogen) atoms. The van der Waals surface area contributed by atoms with Crippen molar-refractivity contribution in [3.8, 4) is 0 Å². The molecule has 172 valence electrons. The molecule has 0 amide bonds. The third kappa shape index (κ3) is 3.78. The third-order valence-electron chi connectivity index (χ3n) is 6.16. The van der Waals surface area contributed by atoms with Gasteiger partial charge in [0.05, 0.1) is 23.9 Å². The molecule has 0 unspecified atom stereocenters. The van der Waals surface area contributed by atoms with Crippen molar-refractivity contribution in [2.45, 2.75) is 50.1 Å². The molecule has 1 aliphatic carbocycles. The molecule has 0 bridgehead atoms. The van der Waals surface area contributed by atoms with Crippen LogP contribution in [-0.4, -0.2) is 18.9 Å². The van der Waals surface area contributed by atoms with Crippen LogP contribution < -0.4 is 11.1 Å². The fourth-order valence-electron chi connectivity index (χ4n) is 4.49. The van der Waals surface area contributed by atoms with Gasteiger partial charge in [0.1, 0.15) is 16.2 Å². The van der Waals surface area contributed by atoms with Gasteiger partial charge < -0.3 is 4.42 Å². The van der Waals surface area contributed by atoms with Gasteiger partial charge in [0.2, 0.25) is 0 Å². The van der Waals surface area contributed by atoms with E-state index in [0.29, 0.717) is 34.6 Å². The summed E-state index contributed by atoms with van der Waals surface area (Å²) in [5, 5.41) is 1.37. The Morgan fingerprint density at radius 2 is 2.03 bits per heavy atom. The zero-order chi connectivity index (χ0) is 23.2. The number of thiophene rings is 1. The van der Waals surface area contributed by atoms with Crippen molar-refractivity contribution in [1.82, 2.24) is 18.9 Å². The molecule has 0 spiro atoms. The number of thioether (sulfide) groups is 1. The van der Waals surface area contributed by atoms with Gasteiger partial charge in [0, 0.05) is 22.9 Å². The molecule has 0 aromatic carbocycles. The predicted octanol–water partition coefficient (Wildman–Crippen LogP) is 4.59. The van der Waals surface area contributed by atoms with Crippen LogP contribution in [0.5, 0.6) is 0 Å². The lowest BCUT2D eigenvalue weighted by molar-refractivity contribution is 0.476.